The molecule has 1 atom stereocenters. The van der Waals surface area contributed by atoms with Gasteiger partial charge in [0.25, 0.3) is 0 Å². The number of halogens is 2. The van der Waals surface area contributed by atoms with E-state index in [2.05, 4.69) is 47.2 Å². The van der Waals surface area contributed by atoms with Gasteiger partial charge in [0.15, 0.2) is 0 Å². The maximum atomic E-state index is 11.8. The summed E-state index contributed by atoms with van der Waals surface area (Å²) >= 11 is 3.42. The summed E-state index contributed by atoms with van der Waals surface area (Å²) in [5, 5.41) is 2.94. The van der Waals surface area contributed by atoms with Crippen molar-refractivity contribution < 1.29 is 4.79 Å². The average molecular weight is 364 g/mol. The number of hydrogen-bond donors (Lipinski definition) is 2. The van der Waals surface area contributed by atoms with Crippen LogP contribution in [0.2, 0.25) is 0 Å². The molecule has 0 aliphatic heterocycles. The third kappa shape index (κ3) is 5.81. The van der Waals surface area contributed by atoms with Gasteiger partial charge in [-0.1, -0.05) is 55.3 Å². The monoisotopic (exact) mass is 362 g/mol. The Morgan fingerprint density at radius 1 is 1.35 bits per heavy atom. The standard InChI is InChI=1S/C15H23BrN2O.ClH/c1-4-5-13(17)14(19)18-10-15(2,3)11-6-8-12(16)9-7-11;/h6-9,13H,4-5,10,17H2,1-3H3,(H,18,19);1H. The van der Waals surface area contributed by atoms with E-state index in [9.17, 15) is 4.79 Å². The fourth-order valence-electron chi connectivity index (χ4n) is 1.88. The van der Waals surface area contributed by atoms with E-state index in [1.54, 1.807) is 0 Å². The van der Waals surface area contributed by atoms with Gasteiger partial charge in [0, 0.05) is 16.4 Å². The third-order valence-corrected chi connectivity index (χ3v) is 3.80. The van der Waals surface area contributed by atoms with Crippen molar-refractivity contribution in [1.29, 1.82) is 0 Å². The van der Waals surface area contributed by atoms with Gasteiger partial charge in [-0.3, -0.25) is 4.79 Å². The Bertz CT molecular complexity index is 420. The van der Waals surface area contributed by atoms with Crippen molar-refractivity contribution in [3.63, 3.8) is 0 Å². The number of carbonyl (C=O) groups excluding carboxylic acids is 1. The smallest absolute Gasteiger partial charge is 0.236 e. The molecule has 0 fully saturated rings. The third-order valence-electron chi connectivity index (χ3n) is 3.27. The fourth-order valence-corrected chi connectivity index (χ4v) is 2.15. The van der Waals surface area contributed by atoms with Crippen molar-refractivity contribution in [2.24, 2.45) is 5.73 Å². The highest BCUT2D eigenvalue weighted by Gasteiger charge is 2.22. The van der Waals surface area contributed by atoms with Crippen LogP contribution in [0.5, 0.6) is 0 Å². The topological polar surface area (TPSA) is 55.1 Å². The molecule has 0 spiro atoms. The Kier molecular flexibility index (Phi) is 8.40. The van der Waals surface area contributed by atoms with E-state index in [0.717, 1.165) is 17.3 Å². The highest BCUT2D eigenvalue weighted by molar-refractivity contribution is 9.10. The first kappa shape index (κ1) is 19.4. The lowest BCUT2D eigenvalue weighted by molar-refractivity contribution is -0.122. The van der Waals surface area contributed by atoms with E-state index in [1.165, 1.54) is 5.56 Å². The summed E-state index contributed by atoms with van der Waals surface area (Å²) in [6, 6.07) is 7.78. The molecule has 0 aliphatic carbocycles. The zero-order chi connectivity index (χ0) is 14.5. The molecule has 0 heterocycles. The van der Waals surface area contributed by atoms with Gasteiger partial charge in [-0.2, -0.15) is 0 Å². The molecule has 0 aromatic heterocycles. The van der Waals surface area contributed by atoms with Crippen molar-refractivity contribution in [2.75, 3.05) is 6.54 Å². The van der Waals surface area contributed by atoms with Crippen LogP contribution in [0.4, 0.5) is 0 Å². The van der Waals surface area contributed by atoms with Crippen molar-refractivity contribution in [3.8, 4) is 0 Å². The number of nitrogens with two attached hydrogens (primary N) is 1. The Morgan fingerprint density at radius 3 is 2.40 bits per heavy atom. The number of benzene rings is 1. The molecule has 20 heavy (non-hydrogen) atoms. The van der Waals surface area contributed by atoms with E-state index in [1.807, 2.05) is 19.1 Å². The molecule has 1 amide bonds. The van der Waals surface area contributed by atoms with Gasteiger partial charge in [-0.15, -0.1) is 12.4 Å². The van der Waals surface area contributed by atoms with Gasteiger partial charge in [0.1, 0.15) is 0 Å². The fraction of sp³-hybridized carbons (Fsp3) is 0.533. The zero-order valence-corrected chi connectivity index (χ0v) is 14.7. The van der Waals surface area contributed by atoms with Crippen LogP contribution in [0.15, 0.2) is 28.7 Å². The molecule has 3 nitrogen and oxygen atoms in total. The molecule has 1 unspecified atom stereocenters. The summed E-state index contributed by atoms with van der Waals surface area (Å²) in [5.41, 5.74) is 6.88. The van der Waals surface area contributed by atoms with Crippen LogP contribution in [0, 0.1) is 0 Å². The maximum absolute atomic E-state index is 11.8. The van der Waals surface area contributed by atoms with Gasteiger partial charge in [-0.25, -0.2) is 0 Å². The Labute approximate surface area is 136 Å². The quantitative estimate of drug-likeness (QED) is 0.814. The molecule has 0 radical (unpaired) electrons. The van der Waals surface area contributed by atoms with Crippen LogP contribution in [0.3, 0.4) is 0 Å². The SMILES string of the molecule is CCCC(N)C(=O)NCC(C)(C)c1ccc(Br)cc1.Cl. The molecule has 1 rings (SSSR count). The summed E-state index contributed by atoms with van der Waals surface area (Å²) < 4.78 is 1.06. The lowest BCUT2D eigenvalue weighted by atomic mass is 9.84. The number of amides is 1. The van der Waals surface area contributed by atoms with Crippen LogP contribution in [0.1, 0.15) is 39.2 Å². The number of nitrogens with one attached hydrogen (secondary N) is 1. The molecule has 5 heteroatoms. The second-order valence-corrected chi connectivity index (χ2v) is 6.42. The molecule has 0 bridgehead atoms. The van der Waals surface area contributed by atoms with Crippen molar-refractivity contribution in [1.82, 2.24) is 5.32 Å². The van der Waals surface area contributed by atoms with Gasteiger partial charge in [0.05, 0.1) is 6.04 Å². The van der Waals surface area contributed by atoms with Gasteiger partial charge < -0.3 is 11.1 Å². The van der Waals surface area contributed by atoms with Crippen molar-refractivity contribution in [3.05, 3.63) is 34.3 Å². The highest BCUT2D eigenvalue weighted by atomic mass is 79.9. The predicted molar refractivity (Wildman–Crippen MR) is 90.3 cm³/mol. The summed E-state index contributed by atoms with van der Waals surface area (Å²) in [6.07, 6.45) is 1.65. The van der Waals surface area contributed by atoms with Crippen LogP contribution in [-0.2, 0) is 10.2 Å². The van der Waals surface area contributed by atoms with Gasteiger partial charge in [0.2, 0.25) is 5.91 Å². The van der Waals surface area contributed by atoms with E-state index in [4.69, 9.17) is 5.73 Å². The van der Waals surface area contributed by atoms with Crippen LogP contribution in [-0.4, -0.2) is 18.5 Å². The Morgan fingerprint density at radius 2 is 1.90 bits per heavy atom. The normalized spacial score (nSPS) is 12.4. The number of carbonyl (C=O) groups is 1. The Hall–Kier alpha value is -0.580. The summed E-state index contributed by atoms with van der Waals surface area (Å²) in [7, 11) is 0. The lowest BCUT2D eigenvalue weighted by Gasteiger charge is -2.26. The molecule has 3 N–H and O–H groups in total. The number of hydrogen-bond acceptors (Lipinski definition) is 2. The van der Waals surface area contributed by atoms with E-state index in [0.29, 0.717) is 6.54 Å². The predicted octanol–water partition coefficient (Wildman–Crippen LogP) is 3.39. The van der Waals surface area contributed by atoms with Crippen molar-refractivity contribution in [2.45, 2.75) is 45.1 Å². The van der Waals surface area contributed by atoms with Crippen LogP contribution in [0.25, 0.3) is 0 Å². The minimum absolute atomic E-state index is 0. The van der Waals surface area contributed by atoms with Gasteiger partial charge >= 0.3 is 0 Å². The maximum Gasteiger partial charge on any atom is 0.236 e. The second kappa shape index (κ2) is 8.65. The summed E-state index contributed by atoms with van der Waals surface area (Å²) in [6.45, 7) is 6.84. The summed E-state index contributed by atoms with van der Waals surface area (Å²) in [4.78, 5) is 11.8. The molecule has 1 aromatic rings. The first-order valence-electron chi connectivity index (χ1n) is 6.66. The molecular weight excluding hydrogens is 340 g/mol. The minimum Gasteiger partial charge on any atom is -0.354 e. The average Bonchev–Trinajstić information content (AvgIpc) is 2.37. The zero-order valence-electron chi connectivity index (χ0n) is 12.3. The largest absolute Gasteiger partial charge is 0.354 e. The first-order chi connectivity index (χ1) is 8.86. The van der Waals surface area contributed by atoms with E-state index in [-0.39, 0.29) is 23.7 Å². The Balaban J connectivity index is 0.00000361. The molecule has 0 aliphatic rings. The molecule has 1 aromatic carbocycles. The molecule has 0 saturated carbocycles. The molecule has 0 saturated heterocycles. The van der Waals surface area contributed by atoms with Gasteiger partial charge in [-0.05, 0) is 24.1 Å². The highest BCUT2D eigenvalue weighted by Crippen LogP contribution is 2.24. The molecular formula is C15H24BrClN2O. The lowest BCUT2D eigenvalue weighted by Crippen LogP contribution is -2.45. The first-order valence-corrected chi connectivity index (χ1v) is 7.45. The molecule has 114 valence electrons. The second-order valence-electron chi connectivity index (χ2n) is 5.50. The van der Waals surface area contributed by atoms with Crippen molar-refractivity contribution >= 4 is 34.2 Å². The minimum atomic E-state index is -0.397. The van der Waals surface area contributed by atoms with E-state index >= 15 is 0 Å². The van der Waals surface area contributed by atoms with E-state index < -0.39 is 6.04 Å². The van der Waals surface area contributed by atoms with Crippen LogP contribution >= 0.6 is 28.3 Å². The van der Waals surface area contributed by atoms with Crippen LogP contribution < -0.4 is 11.1 Å². The number of rotatable bonds is 6. The summed E-state index contributed by atoms with van der Waals surface area (Å²) in [5.74, 6) is -0.0629.